The molecule has 0 saturated heterocycles. The van der Waals surface area contributed by atoms with Crippen molar-refractivity contribution in [1.82, 2.24) is 9.55 Å². The third kappa shape index (κ3) is 4.73. The molecule has 4 aromatic rings. The number of para-hydroxylation sites is 2. The summed E-state index contributed by atoms with van der Waals surface area (Å²) in [6, 6.07) is 27.5. The topological polar surface area (TPSA) is 27.1 Å². The van der Waals surface area contributed by atoms with Crippen molar-refractivity contribution in [2.45, 2.75) is 45.6 Å². The van der Waals surface area contributed by atoms with Gasteiger partial charge in [0.25, 0.3) is 0 Å². The molecular formula is C27H30N2O. The van der Waals surface area contributed by atoms with E-state index in [0.717, 1.165) is 42.9 Å². The molecule has 0 aliphatic rings. The van der Waals surface area contributed by atoms with Gasteiger partial charge in [-0.25, -0.2) is 4.98 Å². The summed E-state index contributed by atoms with van der Waals surface area (Å²) in [7, 11) is 0. The molecule has 3 heteroatoms. The molecule has 1 aromatic heterocycles. The highest BCUT2D eigenvalue weighted by molar-refractivity contribution is 5.76. The van der Waals surface area contributed by atoms with Gasteiger partial charge >= 0.3 is 0 Å². The predicted octanol–water partition coefficient (Wildman–Crippen LogP) is 6.61. The van der Waals surface area contributed by atoms with Crippen LogP contribution in [0, 0.1) is 0 Å². The van der Waals surface area contributed by atoms with Gasteiger partial charge in [0.2, 0.25) is 0 Å². The number of hydrogen-bond donors (Lipinski definition) is 0. The Morgan fingerprint density at radius 3 is 2.40 bits per heavy atom. The van der Waals surface area contributed by atoms with Crippen LogP contribution in [0.2, 0.25) is 0 Å². The van der Waals surface area contributed by atoms with Crippen molar-refractivity contribution >= 4 is 11.0 Å². The summed E-state index contributed by atoms with van der Waals surface area (Å²) in [5, 5.41) is 0. The highest BCUT2D eigenvalue weighted by atomic mass is 16.5. The van der Waals surface area contributed by atoms with E-state index in [4.69, 9.17) is 9.72 Å². The zero-order valence-electron chi connectivity index (χ0n) is 17.9. The van der Waals surface area contributed by atoms with Crippen LogP contribution in [0.5, 0.6) is 5.75 Å². The molecule has 0 radical (unpaired) electrons. The molecule has 3 aromatic carbocycles. The molecule has 4 rings (SSSR count). The lowest BCUT2D eigenvalue weighted by molar-refractivity contribution is 0.302. The van der Waals surface area contributed by atoms with Crippen LogP contribution < -0.4 is 4.74 Å². The Hall–Kier alpha value is -3.07. The quantitative estimate of drug-likeness (QED) is 0.297. The van der Waals surface area contributed by atoms with Crippen LogP contribution in [0.1, 0.15) is 49.6 Å². The van der Waals surface area contributed by atoms with Crippen LogP contribution >= 0.6 is 0 Å². The third-order valence-electron chi connectivity index (χ3n) is 5.79. The van der Waals surface area contributed by atoms with Crippen LogP contribution in [0.15, 0.2) is 78.9 Å². The fourth-order valence-corrected chi connectivity index (χ4v) is 3.83. The van der Waals surface area contributed by atoms with Gasteiger partial charge in [-0.2, -0.15) is 0 Å². The molecule has 0 spiro atoms. The lowest BCUT2D eigenvalue weighted by atomic mass is 9.99. The fourth-order valence-electron chi connectivity index (χ4n) is 3.83. The van der Waals surface area contributed by atoms with Gasteiger partial charge in [-0.05, 0) is 54.2 Å². The first-order valence-corrected chi connectivity index (χ1v) is 11.0. The van der Waals surface area contributed by atoms with Crippen molar-refractivity contribution in [3.05, 3.63) is 95.8 Å². The number of imidazole rings is 1. The molecule has 0 amide bonds. The number of fused-ring (bicyclic) bond motifs is 1. The number of hydrogen-bond acceptors (Lipinski definition) is 2. The van der Waals surface area contributed by atoms with E-state index in [-0.39, 0.29) is 0 Å². The number of aromatic nitrogens is 2. The minimum Gasteiger partial charge on any atom is -0.494 e. The molecule has 154 valence electrons. The van der Waals surface area contributed by atoms with Gasteiger partial charge in [-0.3, -0.25) is 0 Å². The van der Waals surface area contributed by atoms with Crippen LogP contribution in [0.4, 0.5) is 0 Å². The molecule has 1 heterocycles. The van der Waals surface area contributed by atoms with Crippen LogP contribution in [-0.2, 0) is 13.0 Å². The van der Waals surface area contributed by atoms with Crippen LogP contribution in [0.3, 0.4) is 0 Å². The highest BCUT2D eigenvalue weighted by Crippen LogP contribution is 2.22. The van der Waals surface area contributed by atoms with E-state index in [0.29, 0.717) is 12.5 Å². The van der Waals surface area contributed by atoms with Crippen molar-refractivity contribution in [2.24, 2.45) is 0 Å². The van der Waals surface area contributed by atoms with Crippen molar-refractivity contribution in [3.8, 4) is 5.75 Å². The first-order chi connectivity index (χ1) is 14.7. The smallest absolute Gasteiger partial charge is 0.119 e. The molecule has 0 fully saturated rings. The number of nitrogens with zero attached hydrogens (tertiary/aromatic N) is 2. The van der Waals surface area contributed by atoms with Gasteiger partial charge in [0.05, 0.1) is 17.6 Å². The van der Waals surface area contributed by atoms with E-state index in [9.17, 15) is 0 Å². The van der Waals surface area contributed by atoms with Crippen LogP contribution in [-0.4, -0.2) is 16.2 Å². The van der Waals surface area contributed by atoms with Crippen molar-refractivity contribution in [2.75, 3.05) is 6.61 Å². The molecule has 1 unspecified atom stereocenters. The van der Waals surface area contributed by atoms with E-state index < -0.39 is 0 Å². The number of aryl methyl sites for hydroxylation is 1. The second kappa shape index (κ2) is 9.62. The van der Waals surface area contributed by atoms with Gasteiger partial charge in [-0.15, -0.1) is 0 Å². The first kappa shape index (κ1) is 20.2. The van der Waals surface area contributed by atoms with Crippen molar-refractivity contribution in [1.29, 1.82) is 0 Å². The summed E-state index contributed by atoms with van der Waals surface area (Å²) in [5.41, 5.74) is 4.92. The zero-order chi connectivity index (χ0) is 20.8. The Bertz CT molecular complexity index is 1070. The summed E-state index contributed by atoms with van der Waals surface area (Å²) in [4.78, 5) is 4.90. The van der Waals surface area contributed by atoms with Gasteiger partial charge in [0, 0.05) is 13.0 Å². The van der Waals surface area contributed by atoms with Crippen molar-refractivity contribution in [3.63, 3.8) is 0 Å². The molecular weight excluding hydrogens is 368 g/mol. The Morgan fingerprint density at radius 2 is 1.63 bits per heavy atom. The highest BCUT2D eigenvalue weighted by Gasteiger charge is 2.11. The monoisotopic (exact) mass is 398 g/mol. The summed E-state index contributed by atoms with van der Waals surface area (Å²) in [6.45, 7) is 6.08. The Labute approximate surface area is 179 Å². The van der Waals surface area contributed by atoms with E-state index in [1.54, 1.807) is 0 Å². The predicted molar refractivity (Wildman–Crippen MR) is 124 cm³/mol. The van der Waals surface area contributed by atoms with E-state index in [2.05, 4.69) is 97.3 Å². The zero-order valence-corrected chi connectivity index (χ0v) is 17.9. The average molecular weight is 399 g/mol. The second-order valence-corrected chi connectivity index (χ2v) is 7.91. The van der Waals surface area contributed by atoms with E-state index >= 15 is 0 Å². The standard InChI is InChI=1S/C27H30N2O/c1-3-21(2)23-14-16-24(17-15-23)30-19-9-18-29-26-13-8-7-12-25(26)28-27(29)20-22-10-5-4-6-11-22/h4-8,10-17,21H,3,9,18-20H2,1-2H3. The summed E-state index contributed by atoms with van der Waals surface area (Å²) < 4.78 is 8.35. The molecule has 3 nitrogen and oxygen atoms in total. The third-order valence-corrected chi connectivity index (χ3v) is 5.79. The molecule has 0 bridgehead atoms. The minimum atomic E-state index is 0.594. The lowest BCUT2D eigenvalue weighted by Crippen LogP contribution is -2.08. The lowest BCUT2D eigenvalue weighted by Gasteiger charge is -2.12. The maximum atomic E-state index is 6.01. The summed E-state index contributed by atoms with van der Waals surface area (Å²) in [5.74, 6) is 2.65. The molecule has 1 atom stereocenters. The summed E-state index contributed by atoms with van der Waals surface area (Å²) >= 11 is 0. The first-order valence-electron chi connectivity index (χ1n) is 11.0. The van der Waals surface area contributed by atoms with Gasteiger partial charge in [0.1, 0.15) is 11.6 Å². The minimum absolute atomic E-state index is 0.594. The molecule has 0 saturated carbocycles. The van der Waals surface area contributed by atoms with E-state index in [1.807, 2.05) is 0 Å². The molecule has 0 aliphatic heterocycles. The second-order valence-electron chi connectivity index (χ2n) is 7.91. The Balaban J connectivity index is 1.41. The normalized spacial score (nSPS) is 12.2. The summed E-state index contributed by atoms with van der Waals surface area (Å²) in [6.07, 6.45) is 2.94. The largest absolute Gasteiger partial charge is 0.494 e. The molecule has 0 N–H and O–H groups in total. The molecule has 0 aliphatic carbocycles. The number of ether oxygens (including phenoxy) is 1. The van der Waals surface area contributed by atoms with Gasteiger partial charge in [0.15, 0.2) is 0 Å². The number of rotatable bonds is 9. The average Bonchev–Trinajstić information content (AvgIpc) is 3.14. The van der Waals surface area contributed by atoms with Crippen LogP contribution in [0.25, 0.3) is 11.0 Å². The van der Waals surface area contributed by atoms with Crippen molar-refractivity contribution < 1.29 is 4.74 Å². The molecule has 30 heavy (non-hydrogen) atoms. The number of benzene rings is 3. The Morgan fingerprint density at radius 1 is 0.900 bits per heavy atom. The van der Waals surface area contributed by atoms with Gasteiger partial charge < -0.3 is 9.30 Å². The van der Waals surface area contributed by atoms with Gasteiger partial charge in [-0.1, -0.05) is 68.4 Å². The Kier molecular flexibility index (Phi) is 6.48. The van der Waals surface area contributed by atoms with E-state index in [1.165, 1.54) is 16.6 Å². The SMILES string of the molecule is CCC(C)c1ccc(OCCCn2c(Cc3ccccc3)nc3ccccc32)cc1. The maximum Gasteiger partial charge on any atom is 0.119 e. The fraction of sp³-hybridized carbons (Fsp3) is 0.296. The maximum absolute atomic E-state index is 6.01.